The van der Waals surface area contributed by atoms with Gasteiger partial charge in [0.05, 0.1) is 24.4 Å². The number of hydrogen-bond acceptors (Lipinski definition) is 6. The van der Waals surface area contributed by atoms with Gasteiger partial charge in [-0.1, -0.05) is 23.7 Å². The molecule has 146 valence electrons. The van der Waals surface area contributed by atoms with E-state index in [1.807, 2.05) is 43.3 Å². The van der Waals surface area contributed by atoms with Crippen LogP contribution in [0.1, 0.15) is 5.56 Å². The molecular weight excluding hydrogens is 398 g/mol. The Kier molecular flexibility index (Phi) is 6.16. The van der Waals surface area contributed by atoms with Gasteiger partial charge in [0.2, 0.25) is 0 Å². The summed E-state index contributed by atoms with van der Waals surface area (Å²) < 4.78 is 5.27. The number of nitrogens with zero attached hydrogens (tertiary/aromatic N) is 2. The molecule has 1 heterocycles. The lowest BCUT2D eigenvalue weighted by Crippen LogP contribution is -2.33. The van der Waals surface area contributed by atoms with E-state index in [0.29, 0.717) is 21.4 Å². The van der Waals surface area contributed by atoms with Crippen LogP contribution in [0.2, 0.25) is 5.02 Å². The first-order valence-corrected chi connectivity index (χ1v) is 9.68. The number of carbonyl (C=O) groups is 2. The van der Waals surface area contributed by atoms with Gasteiger partial charge in [-0.25, -0.2) is 0 Å². The molecule has 0 spiro atoms. The molecule has 2 amide bonds. The zero-order valence-electron chi connectivity index (χ0n) is 15.7. The van der Waals surface area contributed by atoms with Crippen molar-refractivity contribution in [2.45, 2.75) is 0 Å². The van der Waals surface area contributed by atoms with Crippen LogP contribution in [-0.4, -0.2) is 43.9 Å². The number of anilines is 2. The maximum atomic E-state index is 12.6. The first kappa shape index (κ1) is 20.1. The Balaban J connectivity index is 1.72. The van der Waals surface area contributed by atoms with Crippen molar-refractivity contribution in [2.75, 3.05) is 38.1 Å². The van der Waals surface area contributed by atoms with Crippen molar-refractivity contribution in [3.05, 3.63) is 58.0 Å². The third-order valence-electron chi connectivity index (χ3n) is 4.17. The number of rotatable bonds is 6. The average Bonchev–Trinajstić information content (AvgIpc) is 2.93. The zero-order valence-corrected chi connectivity index (χ0v) is 17.3. The van der Waals surface area contributed by atoms with E-state index in [1.165, 1.54) is 0 Å². The molecule has 2 aromatic carbocycles. The highest BCUT2D eigenvalue weighted by atomic mass is 35.5. The molecule has 3 rings (SSSR count). The lowest BCUT2D eigenvalue weighted by atomic mass is 10.2. The van der Waals surface area contributed by atoms with Crippen molar-refractivity contribution in [3.63, 3.8) is 0 Å². The molecule has 6 nitrogen and oxygen atoms in total. The third-order valence-corrected chi connectivity index (χ3v) is 5.31. The Morgan fingerprint density at radius 3 is 2.54 bits per heavy atom. The molecule has 0 unspecified atom stereocenters. The number of benzene rings is 2. The fourth-order valence-corrected chi connectivity index (χ4v) is 3.65. The van der Waals surface area contributed by atoms with Crippen LogP contribution >= 0.6 is 23.4 Å². The largest absolute Gasteiger partial charge is 0.495 e. The van der Waals surface area contributed by atoms with Gasteiger partial charge in [0.25, 0.3) is 11.1 Å². The standard InChI is InChI=1S/C20H20ClN3O3S/c1-23(2)15-7-4-13(5-8-15)10-18-19(25)24(20(26)28-18)12-22-16-11-14(21)6-9-17(16)27-3/h4-11,22H,12H2,1-3H3/b18-10-. The molecule has 28 heavy (non-hydrogen) atoms. The molecule has 1 N–H and O–H groups in total. The van der Waals surface area contributed by atoms with Gasteiger partial charge in [0, 0.05) is 24.8 Å². The number of amides is 2. The van der Waals surface area contributed by atoms with Crippen LogP contribution in [-0.2, 0) is 4.79 Å². The monoisotopic (exact) mass is 417 g/mol. The van der Waals surface area contributed by atoms with Crippen LogP contribution in [0.4, 0.5) is 16.2 Å². The first-order valence-electron chi connectivity index (χ1n) is 8.49. The lowest BCUT2D eigenvalue weighted by molar-refractivity contribution is -0.122. The highest BCUT2D eigenvalue weighted by Gasteiger charge is 2.34. The Hall–Kier alpha value is -2.64. The minimum absolute atomic E-state index is 0.0261. The predicted octanol–water partition coefficient (Wildman–Crippen LogP) is 4.52. The first-order chi connectivity index (χ1) is 13.4. The van der Waals surface area contributed by atoms with Crippen LogP contribution in [0.3, 0.4) is 0 Å². The topological polar surface area (TPSA) is 61.9 Å². The predicted molar refractivity (Wildman–Crippen MR) is 115 cm³/mol. The molecule has 1 aliphatic heterocycles. The van der Waals surface area contributed by atoms with Gasteiger partial charge in [-0.3, -0.25) is 14.5 Å². The van der Waals surface area contributed by atoms with Crippen molar-refractivity contribution < 1.29 is 14.3 Å². The Morgan fingerprint density at radius 2 is 1.89 bits per heavy atom. The number of ether oxygens (including phenoxy) is 1. The number of thioether (sulfide) groups is 1. The third kappa shape index (κ3) is 4.43. The van der Waals surface area contributed by atoms with Crippen LogP contribution in [0, 0.1) is 0 Å². The van der Waals surface area contributed by atoms with Crippen LogP contribution in [0.5, 0.6) is 5.75 Å². The highest BCUT2D eigenvalue weighted by molar-refractivity contribution is 8.18. The summed E-state index contributed by atoms with van der Waals surface area (Å²) in [6.45, 7) is 0.0261. The summed E-state index contributed by atoms with van der Waals surface area (Å²) in [6, 6.07) is 12.9. The summed E-state index contributed by atoms with van der Waals surface area (Å²) in [7, 11) is 5.46. The minimum Gasteiger partial charge on any atom is -0.495 e. The van der Waals surface area contributed by atoms with Gasteiger partial charge in [0.1, 0.15) is 5.75 Å². The smallest absolute Gasteiger partial charge is 0.295 e. The van der Waals surface area contributed by atoms with E-state index < -0.39 is 0 Å². The number of hydrogen-bond donors (Lipinski definition) is 1. The number of carbonyl (C=O) groups excluding carboxylic acids is 2. The summed E-state index contributed by atoms with van der Waals surface area (Å²) in [4.78, 5) is 28.5. The molecular formula is C20H20ClN3O3S. The van der Waals surface area contributed by atoms with Crippen molar-refractivity contribution in [1.29, 1.82) is 0 Å². The van der Waals surface area contributed by atoms with E-state index in [1.54, 1.807) is 31.4 Å². The summed E-state index contributed by atoms with van der Waals surface area (Å²) in [5.41, 5.74) is 2.53. The number of nitrogens with one attached hydrogen (secondary N) is 1. The SMILES string of the molecule is COc1ccc(Cl)cc1NCN1C(=O)S/C(=C\c2ccc(N(C)C)cc2)C1=O. The van der Waals surface area contributed by atoms with E-state index in [0.717, 1.165) is 27.9 Å². The van der Waals surface area contributed by atoms with E-state index in [4.69, 9.17) is 16.3 Å². The summed E-state index contributed by atoms with van der Waals surface area (Å²) in [5.74, 6) is 0.244. The maximum absolute atomic E-state index is 12.6. The van der Waals surface area contributed by atoms with Gasteiger partial charge in [0.15, 0.2) is 0 Å². The molecule has 0 saturated carbocycles. The quantitative estimate of drug-likeness (QED) is 0.697. The molecule has 0 aromatic heterocycles. The van der Waals surface area contributed by atoms with Crippen LogP contribution in [0.15, 0.2) is 47.4 Å². The van der Waals surface area contributed by atoms with Gasteiger partial charge in [-0.15, -0.1) is 0 Å². The normalized spacial score (nSPS) is 15.3. The van der Waals surface area contributed by atoms with Gasteiger partial charge in [-0.2, -0.15) is 0 Å². The second-order valence-electron chi connectivity index (χ2n) is 6.28. The van der Waals surface area contributed by atoms with E-state index in [9.17, 15) is 9.59 Å². The number of halogens is 1. The summed E-state index contributed by atoms with van der Waals surface area (Å²) >= 11 is 6.94. The number of methoxy groups -OCH3 is 1. The molecule has 2 aromatic rings. The minimum atomic E-state index is -0.333. The van der Waals surface area contributed by atoms with E-state index in [-0.39, 0.29) is 17.8 Å². The van der Waals surface area contributed by atoms with Crippen LogP contribution in [0.25, 0.3) is 6.08 Å². The van der Waals surface area contributed by atoms with Gasteiger partial charge >= 0.3 is 0 Å². The molecule has 0 radical (unpaired) electrons. The average molecular weight is 418 g/mol. The highest BCUT2D eigenvalue weighted by Crippen LogP contribution is 2.33. The summed E-state index contributed by atoms with van der Waals surface area (Å²) in [6.07, 6.45) is 1.73. The van der Waals surface area contributed by atoms with E-state index >= 15 is 0 Å². The molecule has 0 aliphatic carbocycles. The lowest BCUT2D eigenvalue weighted by Gasteiger charge is -2.16. The maximum Gasteiger partial charge on any atom is 0.295 e. The van der Waals surface area contributed by atoms with Crippen molar-refractivity contribution in [2.24, 2.45) is 0 Å². The van der Waals surface area contributed by atoms with Gasteiger partial charge < -0.3 is 15.0 Å². The van der Waals surface area contributed by atoms with Crippen molar-refractivity contribution in [3.8, 4) is 5.75 Å². The Bertz CT molecular complexity index is 929. The fourth-order valence-electron chi connectivity index (χ4n) is 2.64. The van der Waals surface area contributed by atoms with Crippen molar-refractivity contribution in [1.82, 2.24) is 4.90 Å². The Morgan fingerprint density at radius 1 is 1.18 bits per heavy atom. The molecule has 8 heteroatoms. The second-order valence-corrected chi connectivity index (χ2v) is 7.70. The van der Waals surface area contributed by atoms with Crippen LogP contribution < -0.4 is 15.0 Å². The zero-order chi connectivity index (χ0) is 20.3. The van der Waals surface area contributed by atoms with Crippen molar-refractivity contribution >= 4 is 52.0 Å². The molecule has 1 saturated heterocycles. The fraction of sp³-hybridized carbons (Fsp3) is 0.200. The molecule has 1 fully saturated rings. The van der Waals surface area contributed by atoms with E-state index in [2.05, 4.69) is 5.32 Å². The molecule has 0 atom stereocenters. The number of imide groups is 1. The second kappa shape index (κ2) is 8.58. The Labute approximate surface area is 173 Å². The molecule has 0 bridgehead atoms. The summed E-state index contributed by atoms with van der Waals surface area (Å²) in [5, 5.41) is 3.24. The van der Waals surface area contributed by atoms with Gasteiger partial charge in [-0.05, 0) is 53.7 Å². The molecule has 1 aliphatic rings.